The Hall–Kier alpha value is -1.15. The van der Waals surface area contributed by atoms with Crippen LogP contribution in [-0.2, 0) is 9.53 Å². The van der Waals surface area contributed by atoms with Crippen molar-refractivity contribution in [1.82, 2.24) is 0 Å². The Balaban J connectivity index is 1.94. The predicted octanol–water partition coefficient (Wildman–Crippen LogP) is 2.45. The maximum absolute atomic E-state index is 11.7. The van der Waals surface area contributed by atoms with Gasteiger partial charge in [-0.15, -0.1) is 0 Å². The van der Waals surface area contributed by atoms with Gasteiger partial charge >= 0.3 is 0 Å². The van der Waals surface area contributed by atoms with Crippen LogP contribution >= 0.6 is 0 Å². The average Bonchev–Trinajstić information content (AvgIpc) is 2.76. The lowest BCUT2D eigenvalue weighted by atomic mass is 9.80. The van der Waals surface area contributed by atoms with Crippen molar-refractivity contribution in [2.45, 2.75) is 31.5 Å². The molecular weight excluding hydrogens is 200 g/mol. The van der Waals surface area contributed by atoms with Gasteiger partial charge in [0.15, 0.2) is 0 Å². The van der Waals surface area contributed by atoms with Crippen LogP contribution in [0.15, 0.2) is 24.3 Å². The Bertz CT molecular complexity index is 507. The van der Waals surface area contributed by atoms with Crippen molar-refractivity contribution in [3.63, 3.8) is 0 Å². The summed E-state index contributed by atoms with van der Waals surface area (Å²) >= 11 is 0. The lowest BCUT2D eigenvalue weighted by molar-refractivity contribution is -0.125. The number of hydrogen-bond acceptors (Lipinski definition) is 2. The average molecular weight is 214 g/mol. The number of carbonyl (C=O) groups is 1. The number of rotatable bonds is 1. The van der Waals surface area contributed by atoms with Gasteiger partial charge in [-0.1, -0.05) is 24.3 Å². The van der Waals surface area contributed by atoms with Crippen LogP contribution < -0.4 is 0 Å². The van der Waals surface area contributed by atoms with Crippen LogP contribution in [0.1, 0.15) is 37.0 Å². The molecule has 4 aliphatic rings. The fourth-order valence-corrected chi connectivity index (χ4v) is 4.05. The fourth-order valence-electron chi connectivity index (χ4n) is 4.05. The number of ether oxygens (including phenoxy) is 1. The monoisotopic (exact) mass is 214 g/mol. The minimum Gasteiger partial charge on any atom is -0.366 e. The van der Waals surface area contributed by atoms with Crippen molar-refractivity contribution in [1.29, 1.82) is 0 Å². The van der Waals surface area contributed by atoms with Gasteiger partial charge in [0, 0.05) is 11.8 Å². The third kappa shape index (κ3) is 0.756. The molecule has 4 bridgehead atoms. The zero-order chi connectivity index (χ0) is 11.1. The van der Waals surface area contributed by atoms with Gasteiger partial charge in [0.2, 0.25) is 0 Å². The maximum atomic E-state index is 11.7. The summed E-state index contributed by atoms with van der Waals surface area (Å²) in [6.45, 7) is 3.87. The predicted molar refractivity (Wildman–Crippen MR) is 59.1 cm³/mol. The highest BCUT2D eigenvalue weighted by Gasteiger charge is 2.77. The number of carbonyl (C=O) groups excluding carboxylic acids is 1. The molecule has 0 radical (unpaired) electrons. The van der Waals surface area contributed by atoms with E-state index in [0.29, 0.717) is 11.8 Å². The van der Waals surface area contributed by atoms with Crippen LogP contribution in [0, 0.1) is 11.8 Å². The number of hydrogen-bond donors (Lipinski definition) is 0. The SMILES string of the molecule is CC(=O)C1[C@H]2O[C@]3(C)[C@H](c4ccccc42)[C@H]13. The van der Waals surface area contributed by atoms with E-state index < -0.39 is 0 Å². The molecule has 1 saturated carbocycles. The summed E-state index contributed by atoms with van der Waals surface area (Å²) in [7, 11) is 0. The van der Waals surface area contributed by atoms with Gasteiger partial charge in [-0.3, -0.25) is 4.79 Å². The van der Waals surface area contributed by atoms with Crippen molar-refractivity contribution in [3.8, 4) is 0 Å². The first-order valence-corrected chi connectivity index (χ1v) is 5.91. The standard InChI is InChI=1S/C14H14O2/c1-7(15)10-12-11-8-5-3-4-6-9(8)13(10)16-14(11,12)2/h3-6,10-13H,1-2H3/t10?,11-,12+,13+,14-/m1/s1. The molecule has 1 aromatic carbocycles. The van der Waals surface area contributed by atoms with Gasteiger partial charge in [0.05, 0.1) is 17.6 Å². The highest BCUT2D eigenvalue weighted by atomic mass is 16.5. The van der Waals surface area contributed by atoms with Crippen molar-refractivity contribution in [2.24, 2.45) is 11.8 Å². The first-order valence-electron chi connectivity index (χ1n) is 5.91. The van der Waals surface area contributed by atoms with E-state index in [1.54, 1.807) is 6.92 Å². The third-order valence-corrected chi connectivity index (χ3v) is 4.73. The zero-order valence-electron chi connectivity index (χ0n) is 9.44. The Kier molecular flexibility index (Phi) is 1.34. The molecule has 1 unspecified atom stereocenters. The molecule has 0 aromatic heterocycles. The molecule has 1 aromatic rings. The van der Waals surface area contributed by atoms with Crippen molar-refractivity contribution >= 4 is 5.78 Å². The third-order valence-electron chi connectivity index (χ3n) is 4.73. The van der Waals surface area contributed by atoms with Gasteiger partial charge in [0.1, 0.15) is 5.78 Å². The number of ketones is 1. The van der Waals surface area contributed by atoms with Crippen molar-refractivity contribution < 1.29 is 9.53 Å². The topological polar surface area (TPSA) is 26.3 Å². The fraction of sp³-hybridized carbons (Fsp3) is 0.500. The van der Waals surface area contributed by atoms with Gasteiger partial charge in [-0.25, -0.2) is 0 Å². The molecule has 0 N–H and O–H groups in total. The van der Waals surface area contributed by atoms with E-state index in [9.17, 15) is 4.79 Å². The molecule has 5 rings (SSSR count). The second kappa shape index (κ2) is 2.40. The highest BCUT2D eigenvalue weighted by Crippen LogP contribution is 2.76. The van der Waals surface area contributed by atoms with E-state index in [-0.39, 0.29) is 23.4 Å². The number of benzene rings is 1. The Labute approximate surface area is 94.6 Å². The molecular formula is C14H14O2. The van der Waals surface area contributed by atoms with E-state index in [2.05, 4.69) is 25.1 Å². The van der Waals surface area contributed by atoms with Crippen LogP contribution in [-0.4, -0.2) is 11.4 Å². The first-order chi connectivity index (χ1) is 7.64. The number of Topliss-reactive ketones (excluding diaryl/α,β-unsaturated/α-hetero) is 1. The second-order valence-electron chi connectivity index (χ2n) is 5.49. The molecule has 82 valence electrons. The molecule has 2 heterocycles. The summed E-state index contributed by atoms with van der Waals surface area (Å²) in [6.07, 6.45) is 0.0219. The molecule has 2 heteroatoms. The molecule has 16 heavy (non-hydrogen) atoms. The quantitative estimate of drug-likeness (QED) is 0.717. The Morgan fingerprint density at radius 3 is 2.69 bits per heavy atom. The van der Waals surface area contributed by atoms with Crippen LogP contribution in [0.5, 0.6) is 0 Å². The van der Waals surface area contributed by atoms with E-state index in [1.165, 1.54) is 11.1 Å². The molecule has 2 fully saturated rings. The molecule has 2 aliphatic heterocycles. The summed E-state index contributed by atoms with van der Waals surface area (Å²) in [4.78, 5) is 11.7. The van der Waals surface area contributed by atoms with Crippen LogP contribution in [0.25, 0.3) is 0 Å². The van der Waals surface area contributed by atoms with Crippen molar-refractivity contribution in [3.05, 3.63) is 35.4 Å². The van der Waals surface area contributed by atoms with E-state index in [4.69, 9.17) is 4.74 Å². The van der Waals surface area contributed by atoms with Crippen LogP contribution in [0.2, 0.25) is 0 Å². The van der Waals surface area contributed by atoms with Crippen LogP contribution in [0.4, 0.5) is 0 Å². The van der Waals surface area contributed by atoms with Gasteiger partial charge in [0.25, 0.3) is 0 Å². The smallest absolute Gasteiger partial charge is 0.136 e. The summed E-state index contributed by atoms with van der Waals surface area (Å²) in [6, 6.07) is 8.44. The molecule has 0 amide bonds. The maximum Gasteiger partial charge on any atom is 0.136 e. The zero-order valence-corrected chi connectivity index (χ0v) is 9.44. The normalized spacial score (nSPS) is 46.4. The van der Waals surface area contributed by atoms with Gasteiger partial charge < -0.3 is 4.74 Å². The molecule has 0 spiro atoms. The van der Waals surface area contributed by atoms with Gasteiger partial charge in [-0.2, -0.15) is 0 Å². The minimum absolute atomic E-state index is 0.0219. The van der Waals surface area contributed by atoms with E-state index >= 15 is 0 Å². The second-order valence-corrected chi connectivity index (χ2v) is 5.49. The van der Waals surface area contributed by atoms with Gasteiger partial charge in [-0.05, 0) is 25.0 Å². The minimum atomic E-state index is -0.0463. The lowest BCUT2D eigenvalue weighted by Crippen LogP contribution is -2.27. The summed E-state index contributed by atoms with van der Waals surface area (Å²) < 4.78 is 6.10. The Morgan fingerprint density at radius 2 is 2.00 bits per heavy atom. The molecule has 5 atom stereocenters. The van der Waals surface area contributed by atoms with Crippen LogP contribution in [0.3, 0.4) is 0 Å². The summed E-state index contributed by atoms with van der Waals surface area (Å²) in [5.74, 6) is 1.29. The molecule has 2 nitrogen and oxygen atoms in total. The highest BCUT2D eigenvalue weighted by molar-refractivity contribution is 5.82. The van der Waals surface area contributed by atoms with Crippen molar-refractivity contribution in [2.75, 3.05) is 0 Å². The van der Waals surface area contributed by atoms with E-state index in [1.807, 2.05) is 6.07 Å². The molecule has 1 saturated heterocycles. The molecule has 2 aliphatic carbocycles. The Morgan fingerprint density at radius 1 is 1.31 bits per heavy atom. The first kappa shape index (κ1) is 8.94. The summed E-state index contributed by atoms with van der Waals surface area (Å²) in [5.41, 5.74) is 2.62. The van der Waals surface area contributed by atoms with E-state index in [0.717, 1.165) is 0 Å². The lowest BCUT2D eigenvalue weighted by Gasteiger charge is -2.32. The largest absolute Gasteiger partial charge is 0.366 e. The summed E-state index contributed by atoms with van der Waals surface area (Å²) in [5, 5.41) is 0.